The molecule has 28 heavy (non-hydrogen) atoms. The van der Waals surface area contributed by atoms with Crippen LogP contribution in [0.4, 0.5) is 27.5 Å². The first-order valence-corrected chi connectivity index (χ1v) is 8.66. The average molecular weight is 378 g/mol. The summed E-state index contributed by atoms with van der Waals surface area (Å²) in [4.78, 5) is 11.4. The van der Waals surface area contributed by atoms with E-state index in [1.54, 1.807) is 7.11 Å². The van der Waals surface area contributed by atoms with Crippen LogP contribution in [0.3, 0.4) is 0 Å². The fourth-order valence-electron chi connectivity index (χ4n) is 2.87. The maximum Gasteiger partial charge on any atom is 0.229 e. The molecule has 0 amide bonds. The molecular weight excluding hydrogens is 359 g/mol. The standard InChI is InChI=1S/C20H19FN6O/c1-12-9-13-10-14(7-8-16(13)23-12)26-27-19-15(21)11-22-20(25-19)24-17-5-3-4-6-18(17)28-2/h3-11,23,26H,1-2H3,(H2,22,24,25,27). The van der Waals surface area contributed by atoms with E-state index in [0.29, 0.717) is 11.4 Å². The number of aromatic nitrogens is 3. The lowest BCUT2D eigenvalue weighted by Gasteiger charge is -2.12. The number of fused-ring (bicyclic) bond motifs is 1. The van der Waals surface area contributed by atoms with Crippen molar-refractivity contribution in [3.05, 3.63) is 66.2 Å². The van der Waals surface area contributed by atoms with E-state index in [9.17, 15) is 4.39 Å². The summed E-state index contributed by atoms with van der Waals surface area (Å²) in [5.41, 5.74) is 9.35. The Morgan fingerprint density at radius 3 is 2.79 bits per heavy atom. The second-order valence-corrected chi connectivity index (χ2v) is 6.22. The summed E-state index contributed by atoms with van der Waals surface area (Å²) in [6, 6.07) is 15.2. The first kappa shape index (κ1) is 17.6. The first-order valence-electron chi connectivity index (χ1n) is 8.66. The predicted molar refractivity (Wildman–Crippen MR) is 109 cm³/mol. The second kappa shape index (κ2) is 7.43. The minimum Gasteiger partial charge on any atom is -0.495 e. The van der Waals surface area contributed by atoms with Crippen LogP contribution in [0.1, 0.15) is 5.69 Å². The second-order valence-electron chi connectivity index (χ2n) is 6.22. The Bertz CT molecular complexity index is 1130. The van der Waals surface area contributed by atoms with E-state index in [1.165, 1.54) is 0 Å². The van der Waals surface area contributed by atoms with Crippen LogP contribution in [0, 0.1) is 12.7 Å². The van der Waals surface area contributed by atoms with E-state index < -0.39 is 5.82 Å². The summed E-state index contributed by atoms with van der Waals surface area (Å²) in [6.07, 6.45) is 1.10. The molecule has 4 aromatic rings. The number of aryl methyl sites for hydroxylation is 1. The Balaban J connectivity index is 1.51. The van der Waals surface area contributed by atoms with E-state index in [2.05, 4.69) is 31.1 Å². The first-order chi connectivity index (χ1) is 13.6. The highest BCUT2D eigenvalue weighted by Crippen LogP contribution is 2.26. The van der Waals surface area contributed by atoms with Gasteiger partial charge >= 0.3 is 0 Å². The molecule has 0 unspecified atom stereocenters. The molecule has 0 bridgehead atoms. The van der Waals surface area contributed by atoms with Gasteiger partial charge in [-0.1, -0.05) is 12.1 Å². The van der Waals surface area contributed by atoms with Crippen molar-refractivity contribution in [2.24, 2.45) is 0 Å². The number of rotatable bonds is 6. The molecule has 2 heterocycles. The number of methoxy groups -OCH3 is 1. The number of aromatic amines is 1. The zero-order valence-electron chi connectivity index (χ0n) is 15.4. The molecule has 4 rings (SSSR count). The van der Waals surface area contributed by atoms with Crippen molar-refractivity contribution in [3.8, 4) is 5.75 Å². The Labute approximate surface area is 161 Å². The van der Waals surface area contributed by atoms with E-state index in [-0.39, 0.29) is 11.8 Å². The van der Waals surface area contributed by atoms with Crippen LogP contribution in [0.2, 0.25) is 0 Å². The Morgan fingerprint density at radius 2 is 1.93 bits per heavy atom. The molecule has 0 aliphatic carbocycles. The van der Waals surface area contributed by atoms with Gasteiger partial charge in [0.25, 0.3) is 0 Å². The third kappa shape index (κ3) is 3.66. The molecule has 8 heteroatoms. The van der Waals surface area contributed by atoms with E-state index >= 15 is 0 Å². The lowest BCUT2D eigenvalue weighted by Crippen LogP contribution is -2.13. The highest BCUT2D eigenvalue weighted by atomic mass is 19.1. The molecule has 0 radical (unpaired) electrons. The van der Waals surface area contributed by atoms with Crippen molar-refractivity contribution in [1.29, 1.82) is 0 Å². The van der Waals surface area contributed by atoms with Gasteiger partial charge in [0.2, 0.25) is 5.95 Å². The molecule has 0 aliphatic rings. The Kier molecular flexibility index (Phi) is 4.67. The van der Waals surface area contributed by atoms with E-state index in [4.69, 9.17) is 4.74 Å². The number of H-pyrrole nitrogens is 1. The van der Waals surface area contributed by atoms with E-state index in [1.807, 2.05) is 55.5 Å². The smallest absolute Gasteiger partial charge is 0.229 e. The lowest BCUT2D eigenvalue weighted by molar-refractivity contribution is 0.417. The molecular formula is C20H19FN6O. The van der Waals surface area contributed by atoms with Crippen molar-refractivity contribution < 1.29 is 9.13 Å². The van der Waals surface area contributed by atoms with Crippen LogP contribution < -0.4 is 20.9 Å². The number of hydrogen-bond donors (Lipinski definition) is 4. The third-order valence-electron chi connectivity index (χ3n) is 4.18. The molecule has 7 nitrogen and oxygen atoms in total. The quantitative estimate of drug-likeness (QED) is 0.367. The molecule has 0 saturated carbocycles. The summed E-state index contributed by atoms with van der Waals surface area (Å²) in [5.74, 6) is 0.333. The maximum absolute atomic E-state index is 14.1. The lowest BCUT2D eigenvalue weighted by atomic mass is 10.2. The van der Waals surface area contributed by atoms with Crippen molar-refractivity contribution in [1.82, 2.24) is 15.0 Å². The van der Waals surface area contributed by atoms with Gasteiger partial charge in [0.05, 0.1) is 24.7 Å². The summed E-state index contributed by atoms with van der Waals surface area (Å²) in [6.45, 7) is 2.00. The molecule has 142 valence electrons. The molecule has 0 saturated heterocycles. The summed E-state index contributed by atoms with van der Waals surface area (Å²) in [5, 5.41) is 4.09. The molecule has 0 spiro atoms. The van der Waals surface area contributed by atoms with Gasteiger partial charge in [-0.25, -0.2) is 9.37 Å². The van der Waals surface area contributed by atoms with Crippen molar-refractivity contribution in [2.45, 2.75) is 6.92 Å². The van der Waals surface area contributed by atoms with Crippen molar-refractivity contribution >= 4 is 34.0 Å². The SMILES string of the molecule is COc1ccccc1Nc1ncc(F)c(NNc2ccc3[nH]c(C)cc3c2)n1. The average Bonchev–Trinajstić information content (AvgIpc) is 3.08. The maximum atomic E-state index is 14.1. The normalized spacial score (nSPS) is 10.7. The molecule has 0 aliphatic heterocycles. The number of halogens is 1. The topological polar surface area (TPSA) is 86.9 Å². The van der Waals surface area contributed by atoms with Crippen LogP contribution >= 0.6 is 0 Å². The Morgan fingerprint density at radius 1 is 1.07 bits per heavy atom. The summed E-state index contributed by atoms with van der Waals surface area (Å²) >= 11 is 0. The molecule has 4 N–H and O–H groups in total. The predicted octanol–water partition coefficient (Wildman–Crippen LogP) is 4.60. The number of benzene rings is 2. The zero-order valence-corrected chi connectivity index (χ0v) is 15.4. The monoisotopic (exact) mass is 378 g/mol. The van der Waals surface area contributed by atoms with E-state index in [0.717, 1.165) is 28.5 Å². The number of hydrogen-bond acceptors (Lipinski definition) is 6. The molecule has 2 aromatic carbocycles. The minimum atomic E-state index is -0.573. The van der Waals surface area contributed by atoms with Gasteiger partial charge in [0, 0.05) is 16.6 Å². The minimum absolute atomic E-state index is 0.0257. The zero-order chi connectivity index (χ0) is 19.5. The van der Waals surface area contributed by atoms with Crippen LogP contribution in [0.15, 0.2) is 54.7 Å². The molecule has 0 atom stereocenters. The summed E-state index contributed by atoms with van der Waals surface area (Å²) in [7, 11) is 1.58. The third-order valence-corrected chi connectivity index (χ3v) is 4.18. The number of para-hydroxylation sites is 2. The van der Waals surface area contributed by atoms with Crippen LogP contribution in [-0.2, 0) is 0 Å². The number of ether oxygens (including phenoxy) is 1. The van der Waals surface area contributed by atoms with Gasteiger partial charge in [-0.3, -0.25) is 10.9 Å². The molecule has 2 aromatic heterocycles. The van der Waals surface area contributed by atoms with Crippen LogP contribution in [0.25, 0.3) is 10.9 Å². The van der Waals surface area contributed by atoms with Gasteiger partial charge < -0.3 is 15.0 Å². The van der Waals surface area contributed by atoms with Crippen LogP contribution in [0.5, 0.6) is 5.75 Å². The number of nitrogens with one attached hydrogen (secondary N) is 4. The fraction of sp³-hybridized carbons (Fsp3) is 0.100. The fourth-order valence-corrected chi connectivity index (χ4v) is 2.87. The van der Waals surface area contributed by atoms with Gasteiger partial charge in [0.1, 0.15) is 5.75 Å². The largest absolute Gasteiger partial charge is 0.495 e. The highest BCUT2D eigenvalue weighted by Gasteiger charge is 2.09. The molecule has 0 fully saturated rings. The number of anilines is 4. The number of nitrogens with zero attached hydrogens (tertiary/aromatic N) is 2. The van der Waals surface area contributed by atoms with Crippen LogP contribution in [-0.4, -0.2) is 22.1 Å². The van der Waals surface area contributed by atoms with Gasteiger partial charge in [-0.05, 0) is 43.3 Å². The number of hydrazine groups is 1. The highest BCUT2D eigenvalue weighted by molar-refractivity contribution is 5.84. The van der Waals surface area contributed by atoms with Crippen molar-refractivity contribution in [2.75, 3.05) is 23.3 Å². The van der Waals surface area contributed by atoms with Crippen molar-refractivity contribution in [3.63, 3.8) is 0 Å². The summed E-state index contributed by atoms with van der Waals surface area (Å²) < 4.78 is 19.4. The van der Waals surface area contributed by atoms with Gasteiger partial charge in [0.15, 0.2) is 11.6 Å². The Hall–Kier alpha value is -3.81. The van der Waals surface area contributed by atoms with Gasteiger partial charge in [-0.15, -0.1) is 0 Å². The van der Waals surface area contributed by atoms with Gasteiger partial charge in [-0.2, -0.15) is 4.98 Å².